The molecule has 0 radical (unpaired) electrons. The highest BCUT2D eigenvalue weighted by atomic mass is 79.9. The van der Waals surface area contributed by atoms with E-state index in [1.54, 1.807) is 20.5 Å². The Morgan fingerprint density at radius 1 is 1.18 bits per heavy atom. The first kappa shape index (κ1) is 12.0. The minimum atomic E-state index is 0.774. The van der Waals surface area contributed by atoms with Crippen molar-refractivity contribution in [1.29, 1.82) is 0 Å². The van der Waals surface area contributed by atoms with Crippen LogP contribution in [0.5, 0.6) is 11.5 Å². The van der Waals surface area contributed by atoms with Gasteiger partial charge in [0.05, 0.1) is 20.5 Å². The van der Waals surface area contributed by atoms with Gasteiger partial charge in [-0.15, -0.1) is 0 Å². The Morgan fingerprint density at radius 3 is 2.41 bits per heavy atom. The number of nitrogens with one attached hydrogen (secondary N) is 1. The zero-order valence-corrected chi connectivity index (χ0v) is 11.5. The third-order valence-corrected chi connectivity index (χ3v) is 3.17. The second-order valence-electron chi connectivity index (χ2n) is 3.59. The number of H-pyrrole nitrogens is 1. The molecule has 0 bridgehead atoms. The number of ether oxygens (including phenoxy) is 2. The summed E-state index contributed by atoms with van der Waals surface area (Å²) in [5, 5.41) is 0. The predicted octanol–water partition coefficient (Wildman–Crippen LogP) is 3.16. The lowest BCUT2D eigenvalue weighted by Crippen LogP contribution is -1.93. The van der Waals surface area contributed by atoms with Crippen LogP contribution in [-0.4, -0.2) is 24.2 Å². The number of aryl methyl sites for hydroxylation is 1. The standard InChI is InChI=1S/C12H13BrN2O2/c1-7-4-10(17-3)8(5-9(7)16-2)11-12(13)15-6-14-11/h4-6H,1-3H3,(H,14,15). The Hall–Kier alpha value is -1.49. The molecule has 0 atom stereocenters. The Balaban J connectivity index is 2.63. The fourth-order valence-corrected chi connectivity index (χ4v) is 2.12. The second kappa shape index (κ2) is 4.79. The van der Waals surface area contributed by atoms with Gasteiger partial charge >= 0.3 is 0 Å². The molecule has 0 aliphatic heterocycles. The summed E-state index contributed by atoms with van der Waals surface area (Å²) in [5.74, 6) is 1.59. The summed E-state index contributed by atoms with van der Waals surface area (Å²) >= 11 is 3.42. The van der Waals surface area contributed by atoms with E-state index in [1.165, 1.54) is 0 Å². The minimum absolute atomic E-state index is 0.774. The van der Waals surface area contributed by atoms with Crippen LogP contribution in [0.3, 0.4) is 0 Å². The van der Waals surface area contributed by atoms with E-state index in [2.05, 4.69) is 25.9 Å². The highest BCUT2D eigenvalue weighted by Crippen LogP contribution is 2.37. The van der Waals surface area contributed by atoms with Crippen LogP contribution in [0.4, 0.5) is 0 Å². The van der Waals surface area contributed by atoms with Crippen molar-refractivity contribution in [3.63, 3.8) is 0 Å². The molecule has 0 spiro atoms. The van der Waals surface area contributed by atoms with E-state index in [0.717, 1.165) is 32.9 Å². The van der Waals surface area contributed by atoms with E-state index in [0.29, 0.717) is 0 Å². The number of rotatable bonds is 3. The molecule has 0 fully saturated rings. The topological polar surface area (TPSA) is 47.1 Å². The zero-order chi connectivity index (χ0) is 12.4. The van der Waals surface area contributed by atoms with Crippen molar-refractivity contribution in [1.82, 2.24) is 9.97 Å². The fraction of sp³-hybridized carbons (Fsp3) is 0.250. The van der Waals surface area contributed by atoms with Crippen LogP contribution in [0.2, 0.25) is 0 Å². The van der Waals surface area contributed by atoms with Crippen LogP contribution < -0.4 is 9.47 Å². The molecule has 2 aromatic rings. The SMILES string of the molecule is COc1cc(-c2nc[nH]c2Br)c(OC)cc1C. The number of methoxy groups -OCH3 is 2. The van der Waals surface area contributed by atoms with E-state index < -0.39 is 0 Å². The molecule has 90 valence electrons. The Labute approximate surface area is 108 Å². The summed E-state index contributed by atoms with van der Waals surface area (Å²) in [5.41, 5.74) is 2.72. The van der Waals surface area contributed by atoms with E-state index in [1.807, 2.05) is 19.1 Å². The number of hydrogen-bond acceptors (Lipinski definition) is 3. The van der Waals surface area contributed by atoms with Gasteiger partial charge in [0, 0.05) is 5.56 Å². The lowest BCUT2D eigenvalue weighted by molar-refractivity contribution is 0.401. The number of imidazole rings is 1. The monoisotopic (exact) mass is 296 g/mol. The lowest BCUT2D eigenvalue weighted by atomic mass is 10.1. The first-order chi connectivity index (χ1) is 8.17. The number of hydrogen-bond donors (Lipinski definition) is 1. The van der Waals surface area contributed by atoms with Crippen molar-refractivity contribution in [2.75, 3.05) is 14.2 Å². The van der Waals surface area contributed by atoms with E-state index in [-0.39, 0.29) is 0 Å². The van der Waals surface area contributed by atoms with Crippen LogP contribution in [0, 0.1) is 6.92 Å². The van der Waals surface area contributed by atoms with Crippen molar-refractivity contribution in [3.05, 3.63) is 28.6 Å². The Kier molecular flexibility index (Phi) is 3.38. The first-order valence-corrected chi connectivity index (χ1v) is 5.88. The Bertz CT molecular complexity index is 537. The molecule has 5 heteroatoms. The van der Waals surface area contributed by atoms with Gasteiger partial charge in [0.15, 0.2) is 0 Å². The third-order valence-electron chi connectivity index (χ3n) is 2.56. The highest BCUT2D eigenvalue weighted by Gasteiger charge is 2.14. The largest absolute Gasteiger partial charge is 0.496 e. The Morgan fingerprint density at radius 2 is 1.88 bits per heavy atom. The van der Waals surface area contributed by atoms with Gasteiger partial charge < -0.3 is 14.5 Å². The van der Waals surface area contributed by atoms with Crippen LogP contribution in [0.15, 0.2) is 23.1 Å². The molecule has 1 aromatic heterocycles. The smallest absolute Gasteiger partial charge is 0.128 e. The van der Waals surface area contributed by atoms with Crippen molar-refractivity contribution in [3.8, 4) is 22.8 Å². The van der Waals surface area contributed by atoms with Gasteiger partial charge in [-0.25, -0.2) is 4.98 Å². The van der Waals surface area contributed by atoms with Crippen LogP contribution in [0.1, 0.15) is 5.56 Å². The normalized spacial score (nSPS) is 10.4. The van der Waals surface area contributed by atoms with Gasteiger partial charge in [-0.1, -0.05) is 0 Å². The molecule has 1 N–H and O–H groups in total. The number of benzene rings is 1. The molecule has 2 rings (SSSR count). The van der Waals surface area contributed by atoms with Gasteiger partial charge in [-0.2, -0.15) is 0 Å². The summed E-state index contributed by atoms with van der Waals surface area (Å²) in [6.45, 7) is 1.98. The van der Waals surface area contributed by atoms with Crippen molar-refractivity contribution >= 4 is 15.9 Å². The molecule has 0 amide bonds. The van der Waals surface area contributed by atoms with Gasteiger partial charge in [0.1, 0.15) is 21.8 Å². The summed E-state index contributed by atoms with van der Waals surface area (Å²) in [4.78, 5) is 7.24. The van der Waals surface area contributed by atoms with Crippen molar-refractivity contribution < 1.29 is 9.47 Å². The maximum atomic E-state index is 5.37. The quantitative estimate of drug-likeness (QED) is 0.946. The summed E-state index contributed by atoms with van der Waals surface area (Å²) in [6.07, 6.45) is 1.63. The van der Waals surface area contributed by atoms with Crippen molar-refractivity contribution in [2.24, 2.45) is 0 Å². The van der Waals surface area contributed by atoms with Gasteiger partial charge in [-0.05, 0) is 40.5 Å². The van der Waals surface area contributed by atoms with Crippen molar-refractivity contribution in [2.45, 2.75) is 6.92 Å². The molecule has 0 unspecified atom stereocenters. The van der Waals surface area contributed by atoms with E-state index in [4.69, 9.17) is 9.47 Å². The molecule has 0 aliphatic rings. The molecule has 1 aromatic carbocycles. The summed E-state index contributed by atoms with van der Waals surface area (Å²) < 4.78 is 11.5. The van der Waals surface area contributed by atoms with Crippen LogP contribution >= 0.6 is 15.9 Å². The average molecular weight is 297 g/mol. The maximum Gasteiger partial charge on any atom is 0.128 e. The maximum absolute atomic E-state index is 5.37. The number of aromatic amines is 1. The van der Waals surface area contributed by atoms with E-state index >= 15 is 0 Å². The van der Waals surface area contributed by atoms with Gasteiger partial charge in [0.2, 0.25) is 0 Å². The molecule has 17 heavy (non-hydrogen) atoms. The third kappa shape index (κ3) is 2.15. The fourth-order valence-electron chi connectivity index (χ4n) is 1.70. The molecular formula is C12H13BrN2O2. The molecular weight excluding hydrogens is 284 g/mol. The predicted molar refractivity (Wildman–Crippen MR) is 69.6 cm³/mol. The summed E-state index contributed by atoms with van der Waals surface area (Å²) in [6, 6.07) is 3.87. The molecule has 0 aliphatic carbocycles. The minimum Gasteiger partial charge on any atom is -0.496 e. The lowest BCUT2D eigenvalue weighted by Gasteiger charge is -2.11. The highest BCUT2D eigenvalue weighted by molar-refractivity contribution is 9.10. The van der Waals surface area contributed by atoms with Gasteiger partial charge in [-0.3, -0.25) is 0 Å². The molecule has 1 heterocycles. The van der Waals surface area contributed by atoms with Gasteiger partial charge in [0.25, 0.3) is 0 Å². The van der Waals surface area contributed by atoms with Crippen LogP contribution in [-0.2, 0) is 0 Å². The number of halogens is 1. The number of nitrogens with zero attached hydrogens (tertiary/aromatic N) is 1. The van der Waals surface area contributed by atoms with Crippen LogP contribution in [0.25, 0.3) is 11.3 Å². The number of aromatic nitrogens is 2. The molecule has 4 nitrogen and oxygen atoms in total. The zero-order valence-electron chi connectivity index (χ0n) is 9.87. The first-order valence-electron chi connectivity index (χ1n) is 5.09. The summed E-state index contributed by atoms with van der Waals surface area (Å²) in [7, 11) is 3.30. The second-order valence-corrected chi connectivity index (χ2v) is 4.38. The molecule has 0 saturated carbocycles. The molecule has 0 saturated heterocycles. The van der Waals surface area contributed by atoms with E-state index in [9.17, 15) is 0 Å². The average Bonchev–Trinajstić information content (AvgIpc) is 2.75.